The number of fused-ring (bicyclic) bond motifs is 1. The summed E-state index contributed by atoms with van der Waals surface area (Å²) in [4.78, 5) is 30.0. The number of rotatable bonds is 6. The van der Waals surface area contributed by atoms with E-state index >= 15 is 0 Å². The van der Waals surface area contributed by atoms with E-state index in [0.717, 1.165) is 11.8 Å². The second kappa shape index (κ2) is 9.33. The maximum Gasteiger partial charge on any atom is 0.255 e. The summed E-state index contributed by atoms with van der Waals surface area (Å²) >= 11 is 0. The quantitative estimate of drug-likeness (QED) is 0.393. The highest BCUT2D eigenvalue weighted by atomic mass is 16.5. The lowest BCUT2D eigenvalue weighted by Gasteiger charge is -2.26. The van der Waals surface area contributed by atoms with Crippen molar-refractivity contribution < 1.29 is 23.5 Å². The summed E-state index contributed by atoms with van der Waals surface area (Å²) in [6, 6.07) is 5.20. The van der Waals surface area contributed by atoms with Crippen molar-refractivity contribution in [3.63, 3.8) is 0 Å². The first kappa shape index (κ1) is 22.3. The van der Waals surface area contributed by atoms with Crippen LogP contribution in [0, 0.1) is 19.3 Å². The number of nitrogens with zero attached hydrogens (tertiary/aromatic N) is 1. The van der Waals surface area contributed by atoms with Gasteiger partial charge < -0.3 is 34.5 Å². The molecule has 1 saturated heterocycles. The van der Waals surface area contributed by atoms with Crippen LogP contribution in [0.5, 0.6) is 5.75 Å². The topological polar surface area (TPSA) is 121 Å². The summed E-state index contributed by atoms with van der Waals surface area (Å²) in [6.07, 6.45) is 4.30. The average molecular weight is 450 g/mol. The zero-order valence-electron chi connectivity index (χ0n) is 18.8. The molecule has 3 heterocycles. The fraction of sp³-hybridized carbons (Fsp3) is 0.292. The van der Waals surface area contributed by atoms with E-state index in [4.69, 9.17) is 19.3 Å². The molecule has 1 aliphatic rings. The van der Waals surface area contributed by atoms with Crippen LogP contribution in [0.1, 0.15) is 37.7 Å². The number of amides is 2. The van der Waals surface area contributed by atoms with Gasteiger partial charge in [-0.3, -0.25) is 9.59 Å². The van der Waals surface area contributed by atoms with Crippen molar-refractivity contribution >= 4 is 34.8 Å². The van der Waals surface area contributed by atoms with Crippen LogP contribution in [0.15, 0.2) is 34.9 Å². The van der Waals surface area contributed by atoms with Gasteiger partial charge in [-0.05, 0) is 31.5 Å². The Bertz CT molecular complexity index is 1250. The summed E-state index contributed by atoms with van der Waals surface area (Å²) in [5, 5.41) is 10.9. The van der Waals surface area contributed by atoms with Gasteiger partial charge in [0.05, 0.1) is 30.0 Å². The van der Waals surface area contributed by atoms with Crippen molar-refractivity contribution in [1.29, 1.82) is 5.41 Å². The minimum atomic E-state index is -0.219. The summed E-state index contributed by atoms with van der Waals surface area (Å²) < 4.78 is 17.2. The smallest absolute Gasteiger partial charge is 0.255 e. The van der Waals surface area contributed by atoms with Gasteiger partial charge in [0.15, 0.2) is 5.76 Å². The number of nitrogens with one attached hydrogen (secondary N) is 3. The molecule has 0 radical (unpaired) electrons. The summed E-state index contributed by atoms with van der Waals surface area (Å²) in [7, 11) is 1.57. The molecule has 0 spiro atoms. The van der Waals surface area contributed by atoms with Crippen LogP contribution >= 0.6 is 0 Å². The third-order valence-electron chi connectivity index (χ3n) is 5.67. The number of carbonyl (C=O) groups is 2. The van der Waals surface area contributed by atoms with E-state index in [2.05, 4.69) is 10.3 Å². The highest BCUT2D eigenvalue weighted by molar-refractivity contribution is 6.07. The van der Waals surface area contributed by atoms with Gasteiger partial charge in [0.1, 0.15) is 17.1 Å². The molecular formula is C24H26N4O5. The summed E-state index contributed by atoms with van der Waals surface area (Å²) in [6.45, 7) is 5.75. The Morgan fingerprint density at radius 2 is 2.00 bits per heavy atom. The second-order valence-electron chi connectivity index (χ2n) is 7.68. The Morgan fingerprint density at radius 1 is 1.24 bits per heavy atom. The van der Waals surface area contributed by atoms with Crippen LogP contribution in [0.25, 0.3) is 16.7 Å². The van der Waals surface area contributed by atoms with E-state index in [0.29, 0.717) is 71.4 Å². The monoisotopic (exact) mass is 450 g/mol. The van der Waals surface area contributed by atoms with Crippen LogP contribution in [0.2, 0.25) is 0 Å². The summed E-state index contributed by atoms with van der Waals surface area (Å²) in [5.41, 5.74) is 2.90. The minimum Gasteiger partial charge on any atom is -0.460 e. The van der Waals surface area contributed by atoms with E-state index in [-0.39, 0.29) is 11.8 Å². The number of hydrogen-bond acceptors (Lipinski definition) is 6. The molecule has 0 unspecified atom stereocenters. The van der Waals surface area contributed by atoms with Crippen molar-refractivity contribution in [2.45, 2.75) is 13.8 Å². The number of benzene rings is 1. The number of morpholine rings is 1. The molecule has 0 saturated carbocycles. The van der Waals surface area contributed by atoms with Gasteiger partial charge in [-0.25, -0.2) is 0 Å². The van der Waals surface area contributed by atoms with Crippen molar-refractivity contribution in [3.8, 4) is 5.75 Å². The number of ether oxygens (including phenoxy) is 2. The molecule has 2 aromatic heterocycles. The number of furan rings is 1. The fourth-order valence-corrected chi connectivity index (χ4v) is 3.95. The molecule has 1 aliphatic heterocycles. The molecule has 9 heteroatoms. The zero-order chi connectivity index (χ0) is 23.5. The lowest BCUT2D eigenvalue weighted by Crippen LogP contribution is -2.40. The molecule has 2 amide bonds. The molecule has 1 aromatic carbocycles. The maximum atomic E-state index is 12.9. The van der Waals surface area contributed by atoms with Crippen molar-refractivity contribution in [2.24, 2.45) is 0 Å². The molecule has 0 bridgehead atoms. The van der Waals surface area contributed by atoms with Crippen LogP contribution < -0.4 is 10.1 Å². The van der Waals surface area contributed by atoms with Gasteiger partial charge in [-0.15, -0.1) is 0 Å². The third kappa shape index (κ3) is 4.27. The first-order chi connectivity index (χ1) is 15.9. The highest BCUT2D eigenvalue weighted by Gasteiger charge is 2.24. The van der Waals surface area contributed by atoms with E-state index in [1.165, 1.54) is 6.08 Å². The van der Waals surface area contributed by atoms with Crippen LogP contribution in [-0.2, 0) is 4.74 Å². The Hall–Kier alpha value is -3.85. The third-order valence-corrected chi connectivity index (χ3v) is 5.67. The Balaban J connectivity index is 1.63. The molecule has 1 fully saturated rings. The van der Waals surface area contributed by atoms with Crippen LogP contribution in [0.4, 0.5) is 0 Å². The van der Waals surface area contributed by atoms with E-state index in [1.807, 2.05) is 6.92 Å². The largest absolute Gasteiger partial charge is 0.460 e. The van der Waals surface area contributed by atoms with Gasteiger partial charge in [-0.1, -0.05) is 0 Å². The maximum absolute atomic E-state index is 12.9. The highest BCUT2D eigenvalue weighted by Crippen LogP contribution is 2.31. The van der Waals surface area contributed by atoms with Gasteiger partial charge in [0, 0.05) is 50.1 Å². The number of aromatic nitrogens is 1. The summed E-state index contributed by atoms with van der Waals surface area (Å²) in [5.74, 6) is 1.09. The number of hydrogen-bond donors (Lipinski definition) is 3. The minimum absolute atomic E-state index is 0.0679. The Labute approximate surface area is 190 Å². The number of aryl methyl sites for hydroxylation is 1. The average Bonchev–Trinajstić information content (AvgIpc) is 3.36. The number of carbonyl (C=O) groups excluding carboxylic acids is 2. The van der Waals surface area contributed by atoms with Crippen molar-refractivity contribution in [3.05, 3.63) is 58.6 Å². The molecule has 3 aromatic rings. The van der Waals surface area contributed by atoms with Crippen molar-refractivity contribution in [1.82, 2.24) is 15.2 Å². The van der Waals surface area contributed by atoms with Gasteiger partial charge in [0.2, 0.25) is 0 Å². The molecule has 0 aliphatic carbocycles. The van der Waals surface area contributed by atoms with Gasteiger partial charge in [-0.2, -0.15) is 0 Å². The van der Waals surface area contributed by atoms with E-state index < -0.39 is 0 Å². The number of H-pyrrole nitrogens is 1. The lowest BCUT2D eigenvalue weighted by atomic mass is 10.1. The van der Waals surface area contributed by atoms with E-state index in [1.54, 1.807) is 43.3 Å². The van der Waals surface area contributed by atoms with E-state index in [9.17, 15) is 9.59 Å². The Morgan fingerprint density at radius 3 is 2.70 bits per heavy atom. The predicted molar refractivity (Wildman–Crippen MR) is 124 cm³/mol. The predicted octanol–water partition coefficient (Wildman–Crippen LogP) is 3.28. The first-order valence-corrected chi connectivity index (χ1v) is 10.6. The van der Waals surface area contributed by atoms with Crippen LogP contribution in [-0.4, -0.2) is 61.3 Å². The SMILES string of the molecule is CNC(=O)c1c(C)oc2cc(O/C(=C/C=N)c3[nH]cc(C(=O)N4CCOCC4)c3C)ccc12. The number of aromatic amines is 1. The molecule has 33 heavy (non-hydrogen) atoms. The van der Waals surface area contributed by atoms with Crippen LogP contribution in [0.3, 0.4) is 0 Å². The molecule has 4 rings (SSSR count). The van der Waals surface area contributed by atoms with Gasteiger partial charge in [0.25, 0.3) is 11.8 Å². The molecule has 0 atom stereocenters. The van der Waals surface area contributed by atoms with Crippen molar-refractivity contribution in [2.75, 3.05) is 33.4 Å². The number of allylic oxidation sites excluding steroid dienone is 1. The molecule has 9 nitrogen and oxygen atoms in total. The fourth-order valence-electron chi connectivity index (χ4n) is 3.95. The zero-order valence-corrected chi connectivity index (χ0v) is 18.8. The Kier molecular flexibility index (Phi) is 6.32. The molecule has 3 N–H and O–H groups in total. The lowest BCUT2D eigenvalue weighted by molar-refractivity contribution is 0.0302. The normalized spacial score (nSPS) is 14.4. The second-order valence-corrected chi connectivity index (χ2v) is 7.68. The standard InChI is InChI=1S/C24H26N4O5/c1-14-18(24(30)28-8-10-31-11-9-28)13-27-22(14)19(6-7-25)33-16-4-5-17-20(12-16)32-15(2)21(17)23(29)26-3/h4-7,12-13,25,27H,8-11H2,1-3H3,(H,26,29)/b19-6+,25-7?. The molecular weight excluding hydrogens is 424 g/mol. The first-order valence-electron chi connectivity index (χ1n) is 10.6. The molecule has 172 valence electrons. The van der Waals surface area contributed by atoms with Gasteiger partial charge >= 0.3 is 0 Å².